The molecule has 2 aromatic carbocycles. The molecule has 1 heterocycles. The van der Waals surface area contributed by atoms with E-state index in [9.17, 15) is 14.0 Å². The minimum Gasteiger partial charge on any atom is -0.491 e. The zero-order valence-corrected chi connectivity index (χ0v) is 16.8. The number of likely N-dealkylation sites (tertiary alicyclic amines) is 1. The molecule has 0 aromatic heterocycles. The van der Waals surface area contributed by atoms with E-state index in [-0.39, 0.29) is 11.8 Å². The molecule has 1 N–H and O–H groups in total. The lowest BCUT2D eigenvalue weighted by molar-refractivity contribution is -0.135. The first-order chi connectivity index (χ1) is 13.9. The van der Waals surface area contributed by atoms with Crippen LogP contribution in [0, 0.1) is 18.7 Å². The maximum atomic E-state index is 13.8. The van der Waals surface area contributed by atoms with Crippen molar-refractivity contribution in [1.29, 1.82) is 0 Å². The average molecular weight is 400 g/mol. The summed E-state index contributed by atoms with van der Waals surface area (Å²) in [4.78, 5) is 27.2. The second kappa shape index (κ2) is 9.05. The van der Waals surface area contributed by atoms with Gasteiger partial charge in [-0.1, -0.05) is 18.2 Å². The molecule has 0 unspecified atom stereocenters. The van der Waals surface area contributed by atoms with E-state index in [1.807, 2.05) is 24.3 Å². The molecular formula is C22H25FN2O4. The summed E-state index contributed by atoms with van der Waals surface area (Å²) in [6, 6.07) is 11.9. The maximum Gasteiger partial charge on any atom is 0.237 e. The van der Waals surface area contributed by atoms with Gasteiger partial charge in [0.15, 0.2) is 0 Å². The van der Waals surface area contributed by atoms with E-state index in [1.54, 1.807) is 32.0 Å². The van der Waals surface area contributed by atoms with Gasteiger partial charge < -0.3 is 19.7 Å². The highest BCUT2D eigenvalue weighted by Crippen LogP contribution is 2.35. The van der Waals surface area contributed by atoms with Crippen molar-refractivity contribution < 1.29 is 23.5 Å². The molecule has 2 aromatic rings. The normalized spacial score (nSPS) is 18.8. The number of benzene rings is 2. The number of likely N-dealkylation sites (N-methyl/N-ethyl adjacent to an activating group) is 1. The molecule has 0 saturated carbocycles. The van der Waals surface area contributed by atoms with Crippen LogP contribution in [-0.4, -0.2) is 50.6 Å². The predicted molar refractivity (Wildman–Crippen MR) is 107 cm³/mol. The highest BCUT2D eigenvalue weighted by Gasteiger charge is 2.44. The summed E-state index contributed by atoms with van der Waals surface area (Å²) >= 11 is 0. The summed E-state index contributed by atoms with van der Waals surface area (Å²) < 4.78 is 24.5. The Morgan fingerprint density at radius 2 is 2.00 bits per heavy atom. The number of nitrogens with one attached hydrogen (secondary N) is 1. The Morgan fingerprint density at radius 3 is 2.76 bits per heavy atom. The van der Waals surface area contributed by atoms with Crippen molar-refractivity contribution in [3.05, 3.63) is 59.4 Å². The third-order valence-corrected chi connectivity index (χ3v) is 5.17. The molecule has 29 heavy (non-hydrogen) atoms. The van der Waals surface area contributed by atoms with Gasteiger partial charge in [-0.3, -0.25) is 9.59 Å². The number of ether oxygens (including phenoxy) is 2. The number of methoxy groups -OCH3 is 1. The molecule has 0 radical (unpaired) electrons. The van der Waals surface area contributed by atoms with E-state index in [0.29, 0.717) is 36.8 Å². The first-order valence-corrected chi connectivity index (χ1v) is 9.45. The van der Waals surface area contributed by atoms with Crippen LogP contribution in [0.1, 0.15) is 17.0 Å². The van der Waals surface area contributed by atoms with Crippen molar-refractivity contribution >= 4 is 17.5 Å². The number of anilines is 1. The summed E-state index contributed by atoms with van der Waals surface area (Å²) in [5, 5.41) is 2.73. The standard InChI is InChI=1S/C22H25FN2O4/c1-14-18(23)8-5-9-19(14)24-21(26)20-17(13-25(2)22(20)27)15-6-4-7-16(12-15)29-11-10-28-3/h4-9,12,17,20H,10-11,13H2,1-3H3,(H,24,26)/t17-,20+/m0/s1. The smallest absolute Gasteiger partial charge is 0.237 e. The number of halogens is 1. The van der Waals surface area contributed by atoms with Gasteiger partial charge in [0.05, 0.1) is 6.61 Å². The zero-order valence-electron chi connectivity index (χ0n) is 16.8. The van der Waals surface area contributed by atoms with Gasteiger partial charge >= 0.3 is 0 Å². The van der Waals surface area contributed by atoms with E-state index in [4.69, 9.17) is 9.47 Å². The molecule has 6 nitrogen and oxygen atoms in total. The number of rotatable bonds is 7. The molecule has 1 saturated heterocycles. The number of nitrogens with zero attached hydrogens (tertiary/aromatic N) is 1. The zero-order chi connectivity index (χ0) is 21.0. The van der Waals surface area contributed by atoms with Crippen LogP contribution in [0.3, 0.4) is 0 Å². The van der Waals surface area contributed by atoms with Gasteiger partial charge in [0.1, 0.15) is 24.1 Å². The van der Waals surface area contributed by atoms with Crippen molar-refractivity contribution in [2.75, 3.05) is 39.2 Å². The molecule has 7 heteroatoms. The summed E-state index contributed by atoms with van der Waals surface area (Å²) in [6.07, 6.45) is 0. The van der Waals surface area contributed by atoms with Gasteiger partial charge in [0.25, 0.3) is 0 Å². The lowest BCUT2D eigenvalue weighted by Gasteiger charge is -2.18. The molecule has 1 aliphatic heterocycles. The Labute approximate surface area is 169 Å². The third kappa shape index (κ3) is 4.56. The molecule has 1 fully saturated rings. The van der Waals surface area contributed by atoms with Crippen LogP contribution in [0.15, 0.2) is 42.5 Å². The molecular weight excluding hydrogens is 375 g/mol. The largest absolute Gasteiger partial charge is 0.491 e. The first kappa shape index (κ1) is 20.8. The number of hydrogen-bond acceptors (Lipinski definition) is 4. The van der Waals surface area contributed by atoms with Crippen LogP contribution in [0.5, 0.6) is 5.75 Å². The molecule has 0 aliphatic carbocycles. The van der Waals surface area contributed by atoms with Crippen LogP contribution >= 0.6 is 0 Å². The van der Waals surface area contributed by atoms with E-state index < -0.39 is 17.6 Å². The SMILES string of the molecule is COCCOc1cccc([C@@H]2CN(C)C(=O)[C@H]2C(=O)Nc2cccc(F)c2C)c1. The number of hydrogen-bond donors (Lipinski definition) is 1. The average Bonchev–Trinajstić information content (AvgIpc) is 3.01. The second-order valence-electron chi connectivity index (χ2n) is 7.12. The van der Waals surface area contributed by atoms with Crippen LogP contribution in [-0.2, 0) is 14.3 Å². The van der Waals surface area contributed by atoms with Crippen molar-refractivity contribution in [2.45, 2.75) is 12.8 Å². The Bertz CT molecular complexity index is 902. The summed E-state index contributed by atoms with van der Waals surface area (Å²) in [7, 11) is 3.28. The fourth-order valence-electron chi connectivity index (χ4n) is 3.52. The Balaban J connectivity index is 1.83. The Hall–Kier alpha value is -2.93. The molecule has 3 rings (SSSR count). The highest BCUT2D eigenvalue weighted by atomic mass is 19.1. The molecule has 0 bridgehead atoms. The maximum absolute atomic E-state index is 13.8. The van der Waals surface area contributed by atoms with Gasteiger partial charge in [-0.15, -0.1) is 0 Å². The number of carbonyl (C=O) groups is 2. The Morgan fingerprint density at radius 1 is 1.24 bits per heavy atom. The van der Waals surface area contributed by atoms with Gasteiger partial charge in [-0.2, -0.15) is 0 Å². The Kier molecular flexibility index (Phi) is 6.49. The lowest BCUT2D eigenvalue weighted by Crippen LogP contribution is -2.33. The van der Waals surface area contributed by atoms with E-state index in [0.717, 1.165) is 5.56 Å². The molecule has 154 valence electrons. The van der Waals surface area contributed by atoms with Gasteiger partial charge in [-0.05, 0) is 36.8 Å². The topological polar surface area (TPSA) is 67.9 Å². The van der Waals surface area contributed by atoms with Crippen LogP contribution in [0.2, 0.25) is 0 Å². The summed E-state index contributed by atoms with van der Waals surface area (Å²) in [5.41, 5.74) is 1.55. The van der Waals surface area contributed by atoms with Gasteiger partial charge in [0.2, 0.25) is 11.8 Å². The van der Waals surface area contributed by atoms with Crippen LogP contribution in [0.4, 0.5) is 10.1 Å². The van der Waals surface area contributed by atoms with Crippen LogP contribution in [0.25, 0.3) is 0 Å². The number of amides is 2. The predicted octanol–water partition coefficient (Wildman–Crippen LogP) is 2.97. The van der Waals surface area contributed by atoms with E-state index >= 15 is 0 Å². The van der Waals surface area contributed by atoms with Crippen molar-refractivity contribution in [2.24, 2.45) is 5.92 Å². The number of carbonyl (C=O) groups excluding carboxylic acids is 2. The lowest BCUT2D eigenvalue weighted by atomic mass is 9.87. The molecule has 1 aliphatic rings. The first-order valence-electron chi connectivity index (χ1n) is 9.45. The third-order valence-electron chi connectivity index (χ3n) is 5.17. The highest BCUT2D eigenvalue weighted by molar-refractivity contribution is 6.08. The van der Waals surface area contributed by atoms with Crippen molar-refractivity contribution in [1.82, 2.24) is 4.90 Å². The van der Waals surface area contributed by atoms with Crippen molar-refractivity contribution in [3.63, 3.8) is 0 Å². The van der Waals surface area contributed by atoms with Gasteiger partial charge in [-0.25, -0.2) is 4.39 Å². The quantitative estimate of drug-likeness (QED) is 0.573. The molecule has 2 atom stereocenters. The van der Waals surface area contributed by atoms with Crippen molar-refractivity contribution in [3.8, 4) is 5.75 Å². The molecule has 2 amide bonds. The van der Waals surface area contributed by atoms with Crippen LogP contribution < -0.4 is 10.1 Å². The summed E-state index contributed by atoms with van der Waals surface area (Å²) in [5.74, 6) is -1.67. The minimum absolute atomic E-state index is 0.257. The van der Waals surface area contributed by atoms with E-state index in [1.165, 1.54) is 12.1 Å². The summed E-state index contributed by atoms with van der Waals surface area (Å²) in [6.45, 7) is 2.88. The second-order valence-corrected chi connectivity index (χ2v) is 7.12. The van der Waals surface area contributed by atoms with E-state index in [2.05, 4.69) is 5.32 Å². The monoisotopic (exact) mass is 400 g/mol. The fraction of sp³-hybridized carbons (Fsp3) is 0.364. The van der Waals surface area contributed by atoms with Gasteiger partial charge in [0, 0.05) is 37.9 Å². The molecule has 0 spiro atoms. The fourth-order valence-corrected chi connectivity index (χ4v) is 3.52. The minimum atomic E-state index is -0.892.